The summed E-state index contributed by atoms with van der Waals surface area (Å²) in [5.41, 5.74) is 2.79. The standard InChI is InChI=1S/C9H7NO/c11-6-7-4-8-2-1-3-9(8)10-5-7/h1-2,4-6H,3H2. The molecule has 11 heavy (non-hydrogen) atoms. The van der Waals surface area contributed by atoms with E-state index in [4.69, 9.17) is 0 Å². The molecular formula is C9H7NO. The number of aromatic nitrogens is 1. The SMILES string of the molecule is O=Cc1cnc2c(c1)C=CC2. The van der Waals surface area contributed by atoms with Gasteiger partial charge < -0.3 is 0 Å². The van der Waals surface area contributed by atoms with Crippen LogP contribution in [0.5, 0.6) is 0 Å². The summed E-state index contributed by atoms with van der Waals surface area (Å²) in [5, 5.41) is 0. The fourth-order valence-electron chi connectivity index (χ4n) is 1.20. The highest BCUT2D eigenvalue weighted by molar-refractivity contribution is 5.76. The van der Waals surface area contributed by atoms with E-state index < -0.39 is 0 Å². The number of nitrogens with zero attached hydrogens (tertiary/aromatic N) is 1. The molecule has 0 N–H and O–H groups in total. The van der Waals surface area contributed by atoms with Crippen molar-refractivity contribution in [2.75, 3.05) is 0 Å². The zero-order valence-electron chi connectivity index (χ0n) is 5.95. The minimum absolute atomic E-state index is 0.648. The predicted molar refractivity (Wildman–Crippen MR) is 42.4 cm³/mol. The minimum atomic E-state index is 0.648. The largest absolute Gasteiger partial charge is 0.298 e. The summed E-state index contributed by atoms with van der Waals surface area (Å²) in [5.74, 6) is 0. The number of carbonyl (C=O) groups is 1. The summed E-state index contributed by atoms with van der Waals surface area (Å²) in [4.78, 5) is 14.5. The summed E-state index contributed by atoms with van der Waals surface area (Å²) in [6.45, 7) is 0. The van der Waals surface area contributed by atoms with E-state index in [2.05, 4.69) is 4.98 Å². The highest BCUT2D eigenvalue weighted by atomic mass is 16.1. The van der Waals surface area contributed by atoms with Gasteiger partial charge in [-0.05, 0) is 11.6 Å². The lowest BCUT2D eigenvalue weighted by molar-refractivity contribution is 0.112. The lowest BCUT2D eigenvalue weighted by atomic mass is 10.2. The van der Waals surface area contributed by atoms with Gasteiger partial charge in [0.2, 0.25) is 0 Å². The first-order chi connectivity index (χ1) is 5.40. The van der Waals surface area contributed by atoms with Crippen LogP contribution in [0.15, 0.2) is 18.3 Å². The van der Waals surface area contributed by atoms with Crippen molar-refractivity contribution in [3.8, 4) is 0 Å². The molecule has 0 aromatic carbocycles. The smallest absolute Gasteiger partial charge is 0.151 e. The van der Waals surface area contributed by atoms with E-state index in [9.17, 15) is 4.79 Å². The fraction of sp³-hybridized carbons (Fsp3) is 0.111. The van der Waals surface area contributed by atoms with Crippen molar-refractivity contribution in [1.29, 1.82) is 0 Å². The highest BCUT2D eigenvalue weighted by Gasteiger charge is 2.05. The van der Waals surface area contributed by atoms with Crippen molar-refractivity contribution in [3.63, 3.8) is 0 Å². The molecule has 0 radical (unpaired) electrons. The molecule has 1 aromatic heterocycles. The summed E-state index contributed by atoms with van der Waals surface area (Å²) in [6, 6.07) is 1.86. The second-order valence-corrected chi connectivity index (χ2v) is 2.53. The van der Waals surface area contributed by atoms with Crippen LogP contribution in [0.3, 0.4) is 0 Å². The number of rotatable bonds is 1. The molecule has 0 saturated heterocycles. The highest BCUT2D eigenvalue weighted by Crippen LogP contribution is 2.16. The Balaban J connectivity index is 2.55. The Kier molecular flexibility index (Phi) is 1.32. The van der Waals surface area contributed by atoms with Crippen molar-refractivity contribution < 1.29 is 4.79 Å². The van der Waals surface area contributed by atoms with E-state index in [1.807, 2.05) is 18.2 Å². The van der Waals surface area contributed by atoms with Gasteiger partial charge in [-0.3, -0.25) is 9.78 Å². The molecular weight excluding hydrogens is 138 g/mol. The number of aldehydes is 1. The lowest BCUT2D eigenvalue weighted by Crippen LogP contribution is -1.90. The molecule has 0 atom stereocenters. The zero-order valence-corrected chi connectivity index (χ0v) is 5.95. The molecule has 0 unspecified atom stereocenters. The van der Waals surface area contributed by atoms with Gasteiger partial charge in [0.05, 0.1) is 5.69 Å². The average molecular weight is 145 g/mol. The van der Waals surface area contributed by atoms with Gasteiger partial charge in [-0.15, -0.1) is 0 Å². The maximum atomic E-state index is 10.3. The summed E-state index contributed by atoms with van der Waals surface area (Å²) < 4.78 is 0. The zero-order chi connectivity index (χ0) is 7.68. The molecule has 1 aliphatic rings. The first kappa shape index (κ1) is 6.28. The normalized spacial score (nSPS) is 13.1. The molecule has 0 amide bonds. The van der Waals surface area contributed by atoms with Crippen LogP contribution in [0, 0.1) is 0 Å². The molecule has 0 fully saturated rings. The Bertz CT molecular complexity index is 328. The Morgan fingerprint density at radius 2 is 2.45 bits per heavy atom. The van der Waals surface area contributed by atoms with E-state index in [0.717, 1.165) is 24.0 Å². The maximum Gasteiger partial charge on any atom is 0.151 e. The van der Waals surface area contributed by atoms with Crippen LogP contribution in [0.25, 0.3) is 6.08 Å². The van der Waals surface area contributed by atoms with E-state index in [0.29, 0.717) is 5.56 Å². The molecule has 1 aliphatic carbocycles. The van der Waals surface area contributed by atoms with Crippen molar-refractivity contribution in [2.45, 2.75) is 6.42 Å². The Morgan fingerprint density at radius 3 is 3.27 bits per heavy atom. The third kappa shape index (κ3) is 0.963. The number of carbonyl (C=O) groups excluding carboxylic acids is 1. The van der Waals surface area contributed by atoms with Gasteiger partial charge in [0.1, 0.15) is 0 Å². The summed E-state index contributed by atoms with van der Waals surface area (Å²) in [7, 11) is 0. The number of hydrogen-bond donors (Lipinski definition) is 0. The van der Waals surface area contributed by atoms with Gasteiger partial charge in [0.25, 0.3) is 0 Å². The molecule has 2 nitrogen and oxygen atoms in total. The molecule has 0 aliphatic heterocycles. The van der Waals surface area contributed by atoms with Crippen LogP contribution in [0.2, 0.25) is 0 Å². The van der Waals surface area contributed by atoms with Crippen molar-refractivity contribution in [3.05, 3.63) is 35.2 Å². The third-order valence-corrected chi connectivity index (χ3v) is 1.77. The number of allylic oxidation sites excluding steroid dienone is 1. The second kappa shape index (κ2) is 2.31. The van der Waals surface area contributed by atoms with Crippen molar-refractivity contribution in [1.82, 2.24) is 4.98 Å². The summed E-state index contributed by atoms with van der Waals surface area (Å²) >= 11 is 0. The second-order valence-electron chi connectivity index (χ2n) is 2.53. The van der Waals surface area contributed by atoms with Crippen LogP contribution in [0.1, 0.15) is 21.6 Å². The van der Waals surface area contributed by atoms with Crippen molar-refractivity contribution >= 4 is 12.4 Å². The topological polar surface area (TPSA) is 30.0 Å². The van der Waals surface area contributed by atoms with Crippen LogP contribution in [-0.2, 0) is 6.42 Å². The van der Waals surface area contributed by atoms with Gasteiger partial charge in [-0.2, -0.15) is 0 Å². The number of pyridine rings is 1. The Morgan fingerprint density at radius 1 is 1.55 bits per heavy atom. The fourth-order valence-corrected chi connectivity index (χ4v) is 1.20. The molecule has 2 rings (SSSR count). The van der Waals surface area contributed by atoms with E-state index in [-0.39, 0.29) is 0 Å². The van der Waals surface area contributed by atoms with Crippen LogP contribution in [-0.4, -0.2) is 11.3 Å². The van der Waals surface area contributed by atoms with Gasteiger partial charge in [0.15, 0.2) is 6.29 Å². The van der Waals surface area contributed by atoms with Gasteiger partial charge in [0, 0.05) is 18.2 Å². The van der Waals surface area contributed by atoms with Crippen LogP contribution >= 0.6 is 0 Å². The van der Waals surface area contributed by atoms with Gasteiger partial charge in [-0.25, -0.2) is 0 Å². The molecule has 0 saturated carbocycles. The lowest BCUT2D eigenvalue weighted by Gasteiger charge is -1.96. The van der Waals surface area contributed by atoms with Gasteiger partial charge in [-0.1, -0.05) is 12.2 Å². The van der Waals surface area contributed by atoms with Gasteiger partial charge >= 0.3 is 0 Å². The first-order valence-corrected chi connectivity index (χ1v) is 3.51. The summed E-state index contributed by atoms with van der Waals surface area (Å²) in [6.07, 6.45) is 7.37. The first-order valence-electron chi connectivity index (χ1n) is 3.51. The quantitative estimate of drug-likeness (QED) is 0.560. The molecule has 0 spiro atoms. The molecule has 2 heteroatoms. The Labute approximate surface area is 64.6 Å². The van der Waals surface area contributed by atoms with Crippen LogP contribution in [0.4, 0.5) is 0 Å². The van der Waals surface area contributed by atoms with E-state index >= 15 is 0 Å². The molecule has 54 valence electrons. The predicted octanol–water partition coefficient (Wildman–Crippen LogP) is 1.46. The maximum absolute atomic E-state index is 10.3. The monoisotopic (exact) mass is 145 g/mol. The minimum Gasteiger partial charge on any atom is -0.298 e. The van der Waals surface area contributed by atoms with Crippen LogP contribution < -0.4 is 0 Å². The number of hydrogen-bond acceptors (Lipinski definition) is 2. The molecule has 1 heterocycles. The number of fused-ring (bicyclic) bond motifs is 1. The molecule has 1 aromatic rings. The molecule has 0 bridgehead atoms. The average Bonchev–Trinajstić information content (AvgIpc) is 2.50. The van der Waals surface area contributed by atoms with E-state index in [1.165, 1.54) is 0 Å². The van der Waals surface area contributed by atoms with E-state index in [1.54, 1.807) is 6.20 Å². The third-order valence-electron chi connectivity index (χ3n) is 1.77. The Hall–Kier alpha value is -1.44. The van der Waals surface area contributed by atoms with Crippen molar-refractivity contribution in [2.24, 2.45) is 0 Å².